The Morgan fingerprint density at radius 1 is 1.17 bits per heavy atom. The number of aromatic nitrogens is 3. The van der Waals surface area contributed by atoms with Gasteiger partial charge in [-0.25, -0.2) is 0 Å². The first-order valence-corrected chi connectivity index (χ1v) is 8.76. The Bertz CT molecular complexity index is 1090. The topological polar surface area (TPSA) is 136 Å². The Kier molecular flexibility index (Phi) is 5.81. The van der Waals surface area contributed by atoms with Crippen LogP contribution in [0.25, 0.3) is 11.4 Å². The van der Waals surface area contributed by atoms with Gasteiger partial charge in [-0.2, -0.15) is 4.98 Å². The van der Waals surface area contributed by atoms with Crippen LogP contribution in [0.1, 0.15) is 10.4 Å². The molecule has 11 nitrogen and oxygen atoms in total. The smallest absolute Gasteiger partial charge is 0.270 e. The number of hydrogen-bond acceptors (Lipinski definition) is 8. The highest BCUT2D eigenvalue weighted by atomic mass is 16.6. The molecule has 0 saturated heterocycles. The van der Waals surface area contributed by atoms with Gasteiger partial charge < -0.3 is 14.4 Å². The van der Waals surface area contributed by atoms with Crippen LogP contribution in [0.15, 0.2) is 36.4 Å². The summed E-state index contributed by atoms with van der Waals surface area (Å²) < 4.78 is 10.5. The highest BCUT2D eigenvalue weighted by Crippen LogP contribution is 2.32. The lowest BCUT2D eigenvalue weighted by molar-refractivity contribution is -0.384. The molecule has 1 heterocycles. The number of methoxy groups -OCH3 is 2. The lowest BCUT2D eigenvalue weighted by atomic mass is 10.1. The molecule has 0 saturated carbocycles. The summed E-state index contributed by atoms with van der Waals surface area (Å²) in [5.74, 6) is 0.942. The molecule has 0 aliphatic carbocycles. The molecule has 3 rings (SSSR count). The van der Waals surface area contributed by atoms with Crippen LogP contribution in [0.2, 0.25) is 0 Å². The molecule has 3 aromatic rings. The number of rotatable bonds is 7. The number of amides is 1. The van der Waals surface area contributed by atoms with Gasteiger partial charge in [-0.05, 0) is 18.2 Å². The van der Waals surface area contributed by atoms with Crippen molar-refractivity contribution in [2.45, 2.75) is 0 Å². The fourth-order valence-electron chi connectivity index (χ4n) is 2.81. The molecule has 1 amide bonds. The second-order valence-electron chi connectivity index (χ2n) is 6.38. The zero-order valence-electron chi connectivity index (χ0n) is 16.8. The third-order valence-electron chi connectivity index (χ3n) is 4.29. The van der Waals surface area contributed by atoms with Crippen molar-refractivity contribution in [1.29, 1.82) is 0 Å². The SMILES string of the molecule is COc1ccc(-c2nc(NC(=O)c3cc([N+](=O)[O-])ccc3N(C)C)n[nH]2)c(OC)c1. The van der Waals surface area contributed by atoms with Crippen LogP contribution in [-0.4, -0.2) is 54.3 Å². The van der Waals surface area contributed by atoms with Gasteiger partial charge in [0, 0.05) is 38.0 Å². The highest BCUT2D eigenvalue weighted by molar-refractivity contribution is 6.08. The zero-order chi connectivity index (χ0) is 21.8. The first kappa shape index (κ1) is 20.6. The predicted octanol–water partition coefficient (Wildman–Crippen LogP) is 2.72. The molecule has 0 unspecified atom stereocenters. The van der Waals surface area contributed by atoms with Crippen LogP contribution in [0.4, 0.5) is 17.3 Å². The van der Waals surface area contributed by atoms with E-state index in [2.05, 4.69) is 20.5 Å². The molecule has 1 aromatic heterocycles. The summed E-state index contributed by atoms with van der Waals surface area (Å²) in [7, 11) is 6.53. The normalized spacial score (nSPS) is 10.4. The molecule has 2 aromatic carbocycles. The molecule has 156 valence electrons. The average Bonchev–Trinajstić information content (AvgIpc) is 3.20. The summed E-state index contributed by atoms with van der Waals surface area (Å²) in [6.07, 6.45) is 0. The minimum atomic E-state index is -0.574. The fraction of sp³-hybridized carbons (Fsp3) is 0.211. The standard InChI is InChI=1S/C19H20N6O5/c1-24(2)15-8-5-11(25(27)28)9-14(15)18(26)21-19-20-17(22-23-19)13-7-6-12(29-3)10-16(13)30-4/h5-10H,1-4H3,(H2,20,21,22,23,26). The number of ether oxygens (including phenoxy) is 2. The summed E-state index contributed by atoms with van der Waals surface area (Å²) in [6.45, 7) is 0. The predicted molar refractivity (Wildman–Crippen MR) is 110 cm³/mol. The molecule has 0 aliphatic heterocycles. The molecule has 2 N–H and O–H groups in total. The van der Waals surface area contributed by atoms with Gasteiger partial charge in [0.15, 0.2) is 5.82 Å². The minimum Gasteiger partial charge on any atom is -0.497 e. The van der Waals surface area contributed by atoms with Crippen molar-refractivity contribution in [1.82, 2.24) is 15.2 Å². The Labute approximate surface area is 171 Å². The monoisotopic (exact) mass is 412 g/mol. The van der Waals surface area contributed by atoms with E-state index in [-0.39, 0.29) is 17.2 Å². The maximum atomic E-state index is 12.8. The Morgan fingerprint density at radius 2 is 1.93 bits per heavy atom. The summed E-state index contributed by atoms with van der Waals surface area (Å²) in [5, 5.41) is 20.4. The van der Waals surface area contributed by atoms with Crippen molar-refractivity contribution in [3.8, 4) is 22.9 Å². The van der Waals surface area contributed by atoms with E-state index in [0.717, 1.165) is 0 Å². The van der Waals surface area contributed by atoms with Gasteiger partial charge in [0.2, 0.25) is 5.95 Å². The van der Waals surface area contributed by atoms with E-state index in [1.54, 1.807) is 44.3 Å². The number of nitrogens with zero attached hydrogens (tertiary/aromatic N) is 4. The van der Waals surface area contributed by atoms with Crippen molar-refractivity contribution in [2.24, 2.45) is 0 Å². The van der Waals surface area contributed by atoms with Crippen LogP contribution in [-0.2, 0) is 0 Å². The highest BCUT2D eigenvalue weighted by Gasteiger charge is 2.20. The zero-order valence-corrected chi connectivity index (χ0v) is 16.8. The van der Waals surface area contributed by atoms with E-state index < -0.39 is 10.8 Å². The third kappa shape index (κ3) is 4.14. The summed E-state index contributed by atoms with van der Waals surface area (Å²) in [6, 6.07) is 9.25. The molecule has 0 aliphatic rings. The molecule has 0 radical (unpaired) electrons. The molecule has 0 spiro atoms. The number of nitrogens with one attached hydrogen (secondary N) is 2. The number of benzene rings is 2. The van der Waals surface area contributed by atoms with Crippen molar-refractivity contribution in [3.05, 3.63) is 52.1 Å². The number of hydrogen-bond donors (Lipinski definition) is 2. The Balaban J connectivity index is 1.89. The van der Waals surface area contributed by atoms with E-state index in [1.807, 2.05) is 0 Å². The number of carbonyl (C=O) groups is 1. The van der Waals surface area contributed by atoms with Crippen molar-refractivity contribution in [3.63, 3.8) is 0 Å². The van der Waals surface area contributed by atoms with Crippen molar-refractivity contribution < 1.29 is 19.2 Å². The number of non-ortho nitro benzene ring substituents is 1. The molecule has 0 fully saturated rings. The van der Waals surface area contributed by atoms with Crippen molar-refractivity contribution >= 4 is 23.2 Å². The van der Waals surface area contributed by atoms with Gasteiger partial charge in [0.25, 0.3) is 11.6 Å². The molecular formula is C19H20N6O5. The number of H-pyrrole nitrogens is 1. The van der Waals surface area contributed by atoms with Crippen LogP contribution in [0, 0.1) is 10.1 Å². The largest absolute Gasteiger partial charge is 0.497 e. The summed E-state index contributed by atoms with van der Waals surface area (Å²) in [4.78, 5) is 29.3. The van der Waals surface area contributed by atoms with E-state index in [0.29, 0.717) is 28.6 Å². The van der Waals surface area contributed by atoms with Crippen molar-refractivity contribution in [2.75, 3.05) is 38.5 Å². The molecule has 0 bridgehead atoms. The number of carbonyl (C=O) groups excluding carboxylic acids is 1. The average molecular weight is 412 g/mol. The minimum absolute atomic E-state index is 0.0177. The van der Waals surface area contributed by atoms with E-state index >= 15 is 0 Å². The van der Waals surface area contributed by atoms with E-state index in [1.165, 1.54) is 25.3 Å². The van der Waals surface area contributed by atoms with Gasteiger partial charge in [0.1, 0.15) is 11.5 Å². The lowest BCUT2D eigenvalue weighted by Gasteiger charge is -2.16. The number of aromatic amines is 1. The van der Waals surface area contributed by atoms with E-state index in [9.17, 15) is 14.9 Å². The quantitative estimate of drug-likeness (QED) is 0.447. The number of nitro groups is 1. The molecule has 30 heavy (non-hydrogen) atoms. The molecule has 11 heteroatoms. The van der Waals surface area contributed by atoms with Gasteiger partial charge in [-0.15, -0.1) is 5.10 Å². The number of nitro benzene ring substituents is 1. The fourth-order valence-corrected chi connectivity index (χ4v) is 2.81. The van der Waals surface area contributed by atoms with Crippen LogP contribution >= 0.6 is 0 Å². The van der Waals surface area contributed by atoms with Crippen LogP contribution in [0.5, 0.6) is 11.5 Å². The van der Waals surface area contributed by atoms with Gasteiger partial charge >= 0.3 is 0 Å². The lowest BCUT2D eigenvalue weighted by Crippen LogP contribution is -2.19. The second kappa shape index (κ2) is 8.47. The first-order valence-electron chi connectivity index (χ1n) is 8.76. The van der Waals surface area contributed by atoms with Gasteiger partial charge in [0.05, 0.1) is 30.3 Å². The van der Waals surface area contributed by atoms with Gasteiger partial charge in [-0.3, -0.25) is 25.3 Å². The van der Waals surface area contributed by atoms with Crippen LogP contribution in [0.3, 0.4) is 0 Å². The second-order valence-corrected chi connectivity index (χ2v) is 6.38. The summed E-state index contributed by atoms with van der Waals surface area (Å²) in [5.41, 5.74) is 1.08. The Morgan fingerprint density at radius 3 is 2.57 bits per heavy atom. The number of anilines is 2. The first-order chi connectivity index (χ1) is 14.3. The van der Waals surface area contributed by atoms with E-state index in [4.69, 9.17) is 9.47 Å². The van der Waals surface area contributed by atoms with Crippen LogP contribution < -0.4 is 19.7 Å². The molecular weight excluding hydrogens is 392 g/mol. The van der Waals surface area contributed by atoms with Gasteiger partial charge in [-0.1, -0.05) is 0 Å². The summed E-state index contributed by atoms with van der Waals surface area (Å²) >= 11 is 0. The molecule has 0 atom stereocenters. The maximum Gasteiger partial charge on any atom is 0.270 e. The Hall–Kier alpha value is -4.15. The maximum absolute atomic E-state index is 12.8. The third-order valence-corrected chi connectivity index (χ3v) is 4.29.